The highest BCUT2D eigenvalue weighted by atomic mass is 19.2. The molecule has 0 saturated carbocycles. The van der Waals surface area contributed by atoms with Crippen molar-refractivity contribution in [3.63, 3.8) is 0 Å². The van der Waals surface area contributed by atoms with Gasteiger partial charge in [0.1, 0.15) is 0 Å². The molecule has 0 heterocycles. The van der Waals surface area contributed by atoms with Crippen LogP contribution >= 0.6 is 0 Å². The van der Waals surface area contributed by atoms with Crippen molar-refractivity contribution >= 4 is 0 Å². The number of halogens is 2. The first-order valence-electron chi connectivity index (χ1n) is 6.82. The molecular formula is C15H23F2NO. The minimum Gasteiger partial charge on any atom is -0.396 e. The molecule has 19 heavy (non-hydrogen) atoms. The highest BCUT2D eigenvalue weighted by Gasteiger charge is 2.24. The SMILES string of the molecule is CCC(CC)(CCO)CNCc1ccc(F)c(F)c1. The molecule has 0 atom stereocenters. The quantitative estimate of drug-likeness (QED) is 0.760. The van der Waals surface area contributed by atoms with Crippen LogP contribution in [0.1, 0.15) is 38.7 Å². The number of aliphatic hydroxyl groups is 1. The summed E-state index contributed by atoms with van der Waals surface area (Å²) in [7, 11) is 0. The molecule has 1 aromatic rings. The van der Waals surface area contributed by atoms with E-state index in [0.29, 0.717) is 6.54 Å². The zero-order valence-electron chi connectivity index (χ0n) is 11.7. The minimum atomic E-state index is -0.819. The van der Waals surface area contributed by atoms with Crippen LogP contribution in [-0.4, -0.2) is 18.3 Å². The fourth-order valence-corrected chi connectivity index (χ4v) is 2.30. The topological polar surface area (TPSA) is 32.3 Å². The van der Waals surface area contributed by atoms with Crippen LogP contribution in [0.2, 0.25) is 0 Å². The van der Waals surface area contributed by atoms with Crippen molar-refractivity contribution in [2.24, 2.45) is 5.41 Å². The molecule has 0 aliphatic heterocycles. The number of nitrogens with one attached hydrogen (secondary N) is 1. The van der Waals surface area contributed by atoms with E-state index in [1.807, 2.05) is 0 Å². The predicted octanol–water partition coefficient (Wildman–Crippen LogP) is 3.24. The van der Waals surface area contributed by atoms with Crippen LogP contribution in [0.5, 0.6) is 0 Å². The first-order valence-corrected chi connectivity index (χ1v) is 6.82. The Labute approximate surface area is 113 Å². The molecule has 2 nitrogen and oxygen atoms in total. The summed E-state index contributed by atoms with van der Waals surface area (Å²) < 4.78 is 25.9. The molecule has 0 unspecified atom stereocenters. The van der Waals surface area contributed by atoms with Crippen molar-refractivity contribution in [1.29, 1.82) is 0 Å². The van der Waals surface area contributed by atoms with Gasteiger partial charge in [-0.05, 0) is 42.4 Å². The summed E-state index contributed by atoms with van der Waals surface area (Å²) in [6.45, 7) is 5.66. The van der Waals surface area contributed by atoms with E-state index in [1.54, 1.807) is 6.07 Å². The fraction of sp³-hybridized carbons (Fsp3) is 0.600. The Bertz CT molecular complexity index is 392. The molecule has 0 aliphatic rings. The molecule has 0 saturated heterocycles. The van der Waals surface area contributed by atoms with E-state index < -0.39 is 11.6 Å². The lowest BCUT2D eigenvalue weighted by Crippen LogP contribution is -2.34. The van der Waals surface area contributed by atoms with Crippen molar-refractivity contribution in [3.8, 4) is 0 Å². The van der Waals surface area contributed by atoms with Crippen LogP contribution in [0.3, 0.4) is 0 Å². The van der Waals surface area contributed by atoms with Crippen molar-refractivity contribution in [1.82, 2.24) is 5.32 Å². The molecule has 2 N–H and O–H groups in total. The smallest absolute Gasteiger partial charge is 0.159 e. The predicted molar refractivity (Wildman–Crippen MR) is 72.8 cm³/mol. The second kappa shape index (κ2) is 7.56. The van der Waals surface area contributed by atoms with Gasteiger partial charge in [-0.2, -0.15) is 0 Å². The summed E-state index contributed by atoms with van der Waals surface area (Å²) in [4.78, 5) is 0. The molecule has 4 heteroatoms. The van der Waals surface area contributed by atoms with Crippen molar-refractivity contribution in [3.05, 3.63) is 35.4 Å². The lowest BCUT2D eigenvalue weighted by molar-refractivity contribution is 0.163. The minimum absolute atomic E-state index is 0.0767. The standard InChI is InChI=1S/C15H23F2NO/c1-3-15(4-2,7-8-19)11-18-10-12-5-6-13(16)14(17)9-12/h5-6,9,18-19H,3-4,7-8,10-11H2,1-2H3. The van der Waals surface area contributed by atoms with Crippen LogP contribution in [0, 0.1) is 17.0 Å². The summed E-state index contributed by atoms with van der Waals surface area (Å²) >= 11 is 0. The van der Waals surface area contributed by atoms with Gasteiger partial charge in [0.2, 0.25) is 0 Å². The van der Waals surface area contributed by atoms with Gasteiger partial charge in [0.25, 0.3) is 0 Å². The third-order valence-electron chi connectivity index (χ3n) is 3.96. The number of hydrogen-bond acceptors (Lipinski definition) is 2. The van der Waals surface area contributed by atoms with Crippen molar-refractivity contribution < 1.29 is 13.9 Å². The average Bonchev–Trinajstić information content (AvgIpc) is 2.42. The molecule has 0 fully saturated rings. The maximum Gasteiger partial charge on any atom is 0.159 e. The number of hydrogen-bond donors (Lipinski definition) is 2. The Morgan fingerprint density at radius 2 is 1.84 bits per heavy atom. The fourth-order valence-electron chi connectivity index (χ4n) is 2.30. The largest absolute Gasteiger partial charge is 0.396 e. The normalized spacial score (nSPS) is 11.8. The van der Waals surface area contributed by atoms with Gasteiger partial charge in [0, 0.05) is 19.7 Å². The first kappa shape index (κ1) is 16.1. The molecule has 0 aliphatic carbocycles. The van der Waals surface area contributed by atoms with Crippen LogP contribution in [0.15, 0.2) is 18.2 Å². The second-order valence-corrected chi connectivity index (χ2v) is 5.03. The molecule has 1 aromatic carbocycles. The Balaban J connectivity index is 2.54. The van der Waals surface area contributed by atoms with Gasteiger partial charge >= 0.3 is 0 Å². The lowest BCUT2D eigenvalue weighted by Gasteiger charge is -2.31. The zero-order valence-corrected chi connectivity index (χ0v) is 11.7. The molecule has 0 amide bonds. The van der Waals surface area contributed by atoms with Gasteiger partial charge in [-0.1, -0.05) is 19.9 Å². The molecule has 0 bridgehead atoms. The molecule has 1 rings (SSSR count). The molecule has 0 spiro atoms. The van der Waals surface area contributed by atoms with E-state index in [9.17, 15) is 8.78 Å². The van der Waals surface area contributed by atoms with Crippen LogP contribution in [0.4, 0.5) is 8.78 Å². The van der Waals surface area contributed by atoms with Gasteiger partial charge in [-0.15, -0.1) is 0 Å². The van der Waals surface area contributed by atoms with Gasteiger partial charge in [0.05, 0.1) is 0 Å². The van der Waals surface area contributed by atoms with Gasteiger partial charge < -0.3 is 10.4 Å². The Kier molecular flexibility index (Phi) is 6.38. The zero-order chi connectivity index (χ0) is 14.3. The monoisotopic (exact) mass is 271 g/mol. The van der Waals surface area contributed by atoms with Crippen LogP contribution in [-0.2, 0) is 6.54 Å². The van der Waals surface area contributed by atoms with Crippen molar-refractivity contribution in [2.75, 3.05) is 13.2 Å². The number of benzene rings is 1. The van der Waals surface area contributed by atoms with E-state index in [2.05, 4.69) is 19.2 Å². The van der Waals surface area contributed by atoms with Gasteiger partial charge in [-0.25, -0.2) is 8.78 Å². The van der Waals surface area contributed by atoms with E-state index in [-0.39, 0.29) is 12.0 Å². The first-order chi connectivity index (χ1) is 9.06. The lowest BCUT2D eigenvalue weighted by atomic mass is 9.79. The van der Waals surface area contributed by atoms with E-state index in [1.165, 1.54) is 6.07 Å². The van der Waals surface area contributed by atoms with Gasteiger partial charge in [0.15, 0.2) is 11.6 Å². The summed E-state index contributed by atoms with van der Waals surface area (Å²) in [6, 6.07) is 3.94. The van der Waals surface area contributed by atoms with Crippen LogP contribution < -0.4 is 5.32 Å². The van der Waals surface area contributed by atoms with Gasteiger partial charge in [-0.3, -0.25) is 0 Å². The van der Waals surface area contributed by atoms with E-state index >= 15 is 0 Å². The number of rotatable bonds is 8. The Hall–Kier alpha value is -1.00. The molecule has 0 radical (unpaired) electrons. The number of aliphatic hydroxyl groups excluding tert-OH is 1. The summed E-state index contributed by atoms with van der Waals surface area (Å²) in [5.41, 5.74) is 0.803. The van der Waals surface area contributed by atoms with E-state index in [4.69, 9.17) is 5.11 Å². The molecule has 108 valence electrons. The second-order valence-electron chi connectivity index (χ2n) is 5.03. The Morgan fingerprint density at radius 1 is 1.16 bits per heavy atom. The maximum atomic E-state index is 13.1. The molecular weight excluding hydrogens is 248 g/mol. The van der Waals surface area contributed by atoms with E-state index in [0.717, 1.165) is 37.4 Å². The van der Waals surface area contributed by atoms with Crippen molar-refractivity contribution in [2.45, 2.75) is 39.7 Å². The highest BCUT2D eigenvalue weighted by molar-refractivity contribution is 5.17. The Morgan fingerprint density at radius 3 is 2.37 bits per heavy atom. The highest BCUT2D eigenvalue weighted by Crippen LogP contribution is 2.29. The average molecular weight is 271 g/mol. The maximum absolute atomic E-state index is 13.1. The summed E-state index contributed by atoms with van der Waals surface area (Å²) in [5, 5.41) is 12.4. The third-order valence-corrected chi connectivity index (χ3v) is 3.96. The third kappa shape index (κ3) is 4.55. The summed E-state index contributed by atoms with van der Waals surface area (Å²) in [6.07, 6.45) is 2.72. The summed E-state index contributed by atoms with van der Waals surface area (Å²) in [5.74, 6) is -1.63. The molecule has 0 aromatic heterocycles. The van der Waals surface area contributed by atoms with Crippen LogP contribution in [0.25, 0.3) is 0 Å².